The molecule has 0 atom stereocenters. The van der Waals surface area contributed by atoms with Gasteiger partial charge in [0, 0.05) is 0 Å². The monoisotopic (exact) mass is 157 g/mol. The van der Waals surface area contributed by atoms with Crippen molar-refractivity contribution in [3.8, 4) is 0 Å². The molecule has 60 valence electrons. The minimum Gasteiger partial charge on any atom is -0.481 e. The second-order valence-corrected chi connectivity index (χ2v) is 1.88. The summed E-state index contributed by atoms with van der Waals surface area (Å²) in [6.45, 7) is 0.132. The molecule has 0 aliphatic carbocycles. The average Bonchev–Trinajstić information content (AvgIpc) is 2.34. The third-order valence-corrected chi connectivity index (χ3v) is 0.994. The van der Waals surface area contributed by atoms with Crippen molar-refractivity contribution >= 4 is 5.97 Å². The summed E-state index contributed by atoms with van der Waals surface area (Å²) in [6.07, 6.45) is -0.233. The highest BCUT2D eigenvalue weighted by atomic mass is 16.5. The molecule has 0 unspecified atom stereocenters. The molecule has 0 aliphatic heterocycles. The van der Waals surface area contributed by atoms with Crippen LogP contribution < -0.4 is 5.73 Å². The van der Waals surface area contributed by atoms with Crippen LogP contribution in [-0.4, -0.2) is 21.2 Å². The van der Waals surface area contributed by atoms with Crippen LogP contribution in [0.1, 0.15) is 11.7 Å². The Balaban J connectivity index is 2.65. The Morgan fingerprint density at radius 1 is 1.73 bits per heavy atom. The maximum absolute atomic E-state index is 10.1. The van der Waals surface area contributed by atoms with E-state index in [0.29, 0.717) is 0 Å². The van der Waals surface area contributed by atoms with Crippen LogP contribution in [0.15, 0.2) is 4.52 Å². The van der Waals surface area contributed by atoms with Crippen LogP contribution >= 0.6 is 0 Å². The van der Waals surface area contributed by atoms with Crippen molar-refractivity contribution < 1.29 is 14.4 Å². The van der Waals surface area contributed by atoms with Crippen molar-refractivity contribution in [2.24, 2.45) is 5.73 Å². The van der Waals surface area contributed by atoms with E-state index in [2.05, 4.69) is 14.7 Å². The summed E-state index contributed by atoms with van der Waals surface area (Å²) < 4.78 is 4.57. The lowest BCUT2D eigenvalue weighted by Gasteiger charge is -1.82. The Kier molecular flexibility index (Phi) is 2.17. The molecule has 0 saturated heterocycles. The molecular weight excluding hydrogens is 150 g/mol. The number of nitrogens with zero attached hydrogens (tertiary/aromatic N) is 2. The van der Waals surface area contributed by atoms with Gasteiger partial charge in [-0.05, 0) is 0 Å². The molecule has 1 aromatic heterocycles. The van der Waals surface area contributed by atoms with Gasteiger partial charge in [0.25, 0.3) is 0 Å². The normalized spacial score (nSPS) is 9.91. The van der Waals surface area contributed by atoms with Crippen LogP contribution in [-0.2, 0) is 17.8 Å². The third-order valence-electron chi connectivity index (χ3n) is 0.994. The van der Waals surface area contributed by atoms with E-state index in [-0.39, 0.29) is 24.7 Å². The van der Waals surface area contributed by atoms with E-state index in [0.717, 1.165) is 0 Å². The van der Waals surface area contributed by atoms with Gasteiger partial charge in [0.2, 0.25) is 5.89 Å². The largest absolute Gasteiger partial charge is 0.481 e. The predicted molar refractivity (Wildman–Crippen MR) is 33.5 cm³/mol. The summed E-state index contributed by atoms with van der Waals surface area (Å²) in [7, 11) is 0. The maximum Gasteiger partial charge on any atom is 0.311 e. The van der Waals surface area contributed by atoms with Crippen molar-refractivity contribution in [1.82, 2.24) is 10.1 Å². The van der Waals surface area contributed by atoms with E-state index in [9.17, 15) is 4.79 Å². The number of aromatic nitrogens is 2. The Hall–Kier alpha value is -1.43. The quantitative estimate of drug-likeness (QED) is 0.592. The number of carboxylic acids is 1. The molecule has 0 bridgehead atoms. The van der Waals surface area contributed by atoms with Crippen LogP contribution in [0.3, 0.4) is 0 Å². The molecule has 0 radical (unpaired) electrons. The highest BCUT2D eigenvalue weighted by molar-refractivity contribution is 5.68. The van der Waals surface area contributed by atoms with Gasteiger partial charge in [-0.1, -0.05) is 5.16 Å². The molecule has 0 amide bonds. The Bertz CT molecular complexity index is 257. The van der Waals surface area contributed by atoms with Gasteiger partial charge in [0.1, 0.15) is 6.42 Å². The molecule has 0 aliphatic rings. The number of rotatable bonds is 3. The smallest absolute Gasteiger partial charge is 0.311 e. The molecule has 3 N–H and O–H groups in total. The van der Waals surface area contributed by atoms with Crippen molar-refractivity contribution in [2.45, 2.75) is 13.0 Å². The van der Waals surface area contributed by atoms with Crippen molar-refractivity contribution in [3.05, 3.63) is 11.7 Å². The lowest BCUT2D eigenvalue weighted by atomic mass is 10.4. The van der Waals surface area contributed by atoms with E-state index in [1.807, 2.05) is 0 Å². The standard InChI is InChI=1S/C5H7N3O3/c6-2-4-7-3(8-11-4)1-5(9)10/h1-2,6H2,(H,9,10). The zero-order valence-electron chi connectivity index (χ0n) is 5.65. The number of carboxylic acid groups (broad SMARTS) is 1. The van der Waals surface area contributed by atoms with Crippen LogP contribution in [0, 0.1) is 0 Å². The SMILES string of the molecule is NCc1nc(CC(=O)O)no1. The summed E-state index contributed by atoms with van der Waals surface area (Å²) >= 11 is 0. The molecule has 1 heterocycles. The maximum atomic E-state index is 10.1. The Morgan fingerprint density at radius 3 is 2.91 bits per heavy atom. The van der Waals surface area contributed by atoms with Crippen molar-refractivity contribution in [1.29, 1.82) is 0 Å². The molecule has 0 fully saturated rings. The molecule has 0 saturated carbocycles. The van der Waals surface area contributed by atoms with E-state index in [1.165, 1.54) is 0 Å². The second-order valence-electron chi connectivity index (χ2n) is 1.88. The predicted octanol–water partition coefficient (Wildman–Crippen LogP) is -0.845. The van der Waals surface area contributed by atoms with Gasteiger partial charge in [-0.15, -0.1) is 0 Å². The van der Waals surface area contributed by atoms with E-state index >= 15 is 0 Å². The first-order chi connectivity index (χ1) is 5.22. The van der Waals surface area contributed by atoms with Gasteiger partial charge >= 0.3 is 5.97 Å². The number of hydrogen-bond donors (Lipinski definition) is 2. The topological polar surface area (TPSA) is 102 Å². The lowest BCUT2D eigenvalue weighted by Crippen LogP contribution is -2.02. The summed E-state index contributed by atoms with van der Waals surface area (Å²) in [5.41, 5.74) is 5.15. The molecule has 11 heavy (non-hydrogen) atoms. The molecule has 1 aromatic rings. The first-order valence-corrected chi connectivity index (χ1v) is 2.95. The van der Waals surface area contributed by atoms with E-state index < -0.39 is 5.97 Å². The first-order valence-electron chi connectivity index (χ1n) is 2.95. The highest BCUT2D eigenvalue weighted by Gasteiger charge is 2.07. The van der Waals surface area contributed by atoms with Gasteiger partial charge in [0.05, 0.1) is 6.54 Å². The number of aliphatic carboxylic acids is 1. The van der Waals surface area contributed by atoms with Crippen LogP contribution in [0.4, 0.5) is 0 Å². The molecule has 0 spiro atoms. The molecule has 6 nitrogen and oxygen atoms in total. The van der Waals surface area contributed by atoms with E-state index in [1.54, 1.807) is 0 Å². The third kappa shape index (κ3) is 2.01. The summed E-state index contributed by atoms with van der Waals surface area (Å²) in [4.78, 5) is 13.8. The number of hydrogen-bond acceptors (Lipinski definition) is 5. The van der Waals surface area contributed by atoms with Crippen LogP contribution in [0.5, 0.6) is 0 Å². The summed E-state index contributed by atoms with van der Waals surface area (Å²) in [6, 6.07) is 0. The molecule has 6 heteroatoms. The first kappa shape index (κ1) is 7.67. The Morgan fingerprint density at radius 2 is 2.45 bits per heavy atom. The van der Waals surface area contributed by atoms with Gasteiger partial charge < -0.3 is 15.4 Å². The second kappa shape index (κ2) is 3.11. The fourth-order valence-electron chi connectivity index (χ4n) is 0.580. The zero-order chi connectivity index (χ0) is 8.27. The van der Waals surface area contributed by atoms with Gasteiger partial charge in [0.15, 0.2) is 5.82 Å². The highest BCUT2D eigenvalue weighted by Crippen LogP contribution is 1.96. The minimum absolute atomic E-state index is 0.132. The van der Waals surface area contributed by atoms with Gasteiger partial charge in [-0.25, -0.2) is 0 Å². The fraction of sp³-hybridized carbons (Fsp3) is 0.400. The molecular formula is C5H7N3O3. The van der Waals surface area contributed by atoms with Crippen molar-refractivity contribution in [2.75, 3.05) is 0 Å². The lowest BCUT2D eigenvalue weighted by molar-refractivity contribution is -0.136. The summed E-state index contributed by atoms with van der Waals surface area (Å²) in [5.74, 6) is -0.589. The van der Waals surface area contributed by atoms with E-state index in [4.69, 9.17) is 10.8 Å². The van der Waals surface area contributed by atoms with Crippen LogP contribution in [0.2, 0.25) is 0 Å². The zero-order valence-corrected chi connectivity index (χ0v) is 5.65. The molecule has 1 rings (SSSR count). The van der Waals surface area contributed by atoms with Gasteiger partial charge in [-0.3, -0.25) is 4.79 Å². The van der Waals surface area contributed by atoms with Crippen molar-refractivity contribution in [3.63, 3.8) is 0 Å². The Labute approximate surface area is 62.0 Å². The number of nitrogens with two attached hydrogens (primary N) is 1. The summed E-state index contributed by atoms with van der Waals surface area (Å²) in [5, 5.41) is 11.7. The molecule has 0 aromatic carbocycles. The minimum atomic E-state index is -0.991. The van der Waals surface area contributed by atoms with Crippen LogP contribution in [0.25, 0.3) is 0 Å². The van der Waals surface area contributed by atoms with Gasteiger partial charge in [-0.2, -0.15) is 4.98 Å². The fourth-order valence-corrected chi connectivity index (χ4v) is 0.580. The average molecular weight is 157 g/mol. The number of carbonyl (C=O) groups is 1.